The van der Waals surface area contributed by atoms with Crippen molar-refractivity contribution < 1.29 is 4.42 Å². The van der Waals surface area contributed by atoms with Gasteiger partial charge in [0, 0.05) is 28.3 Å². The molecule has 4 heteroatoms. The molecular formula is C25H26N2OS. The number of pyridine rings is 1. The molecule has 0 saturated carbocycles. The van der Waals surface area contributed by atoms with Crippen LogP contribution < -0.4 is 4.90 Å². The summed E-state index contributed by atoms with van der Waals surface area (Å²) in [6.07, 6.45) is 1.80. The summed E-state index contributed by atoms with van der Waals surface area (Å²) in [5, 5.41) is 3.05. The van der Waals surface area contributed by atoms with Gasteiger partial charge in [-0.2, -0.15) is 0 Å². The van der Waals surface area contributed by atoms with E-state index in [-0.39, 0.29) is 5.37 Å². The van der Waals surface area contributed by atoms with Crippen LogP contribution in [0.5, 0.6) is 0 Å². The first-order chi connectivity index (χ1) is 14.1. The van der Waals surface area contributed by atoms with Gasteiger partial charge in [0.25, 0.3) is 0 Å². The third-order valence-corrected chi connectivity index (χ3v) is 8.06. The zero-order valence-electron chi connectivity index (χ0n) is 17.3. The van der Waals surface area contributed by atoms with Gasteiger partial charge in [-0.05, 0) is 43.0 Å². The molecule has 1 fully saturated rings. The maximum Gasteiger partial charge on any atom is 0.227 e. The van der Waals surface area contributed by atoms with E-state index >= 15 is 0 Å². The number of furan rings is 1. The number of aryl methyl sites for hydroxylation is 1. The Morgan fingerprint density at radius 2 is 1.79 bits per heavy atom. The molecule has 29 heavy (non-hydrogen) atoms. The SMILES string of the molecule is Cc1ccc2c(oc3ncccc32)c1N1C(c2ccccc2)SC(C(C)C)[C@@H]1C. The van der Waals surface area contributed by atoms with Crippen LogP contribution in [0.2, 0.25) is 0 Å². The van der Waals surface area contributed by atoms with Gasteiger partial charge in [-0.3, -0.25) is 0 Å². The molecule has 2 aromatic heterocycles. The van der Waals surface area contributed by atoms with Gasteiger partial charge < -0.3 is 9.32 Å². The second-order valence-corrected chi connectivity index (χ2v) is 9.58. The molecule has 148 valence electrons. The number of anilines is 1. The third kappa shape index (κ3) is 2.93. The van der Waals surface area contributed by atoms with Gasteiger partial charge in [0.15, 0.2) is 5.58 Å². The minimum absolute atomic E-state index is 0.268. The molecule has 3 heterocycles. The molecule has 0 amide bonds. The van der Waals surface area contributed by atoms with Crippen molar-refractivity contribution >= 4 is 39.5 Å². The molecule has 1 aliphatic rings. The normalized spacial score (nSPS) is 22.2. The van der Waals surface area contributed by atoms with E-state index in [2.05, 4.69) is 97.9 Å². The van der Waals surface area contributed by atoms with Crippen LogP contribution in [0.1, 0.15) is 37.3 Å². The van der Waals surface area contributed by atoms with Crippen molar-refractivity contribution in [2.75, 3.05) is 4.90 Å². The summed E-state index contributed by atoms with van der Waals surface area (Å²) >= 11 is 2.08. The van der Waals surface area contributed by atoms with Crippen molar-refractivity contribution in [1.82, 2.24) is 4.98 Å². The molecule has 1 saturated heterocycles. The van der Waals surface area contributed by atoms with Gasteiger partial charge >= 0.3 is 0 Å². The number of aromatic nitrogens is 1. The van der Waals surface area contributed by atoms with Gasteiger partial charge in [-0.15, -0.1) is 11.8 Å². The van der Waals surface area contributed by atoms with E-state index in [0.29, 0.717) is 22.9 Å². The number of thioether (sulfide) groups is 1. The van der Waals surface area contributed by atoms with Gasteiger partial charge in [-0.1, -0.05) is 56.3 Å². The Balaban J connectivity index is 1.75. The molecule has 0 bridgehead atoms. The van der Waals surface area contributed by atoms with Gasteiger partial charge in [-0.25, -0.2) is 4.98 Å². The highest BCUT2D eigenvalue weighted by Crippen LogP contribution is 2.52. The molecule has 2 unspecified atom stereocenters. The highest BCUT2D eigenvalue weighted by molar-refractivity contribution is 8.00. The molecular weight excluding hydrogens is 376 g/mol. The summed E-state index contributed by atoms with van der Waals surface area (Å²) < 4.78 is 6.34. The monoisotopic (exact) mass is 402 g/mol. The molecule has 0 radical (unpaired) electrons. The van der Waals surface area contributed by atoms with Crippen molar-refractivity contribution in [2.45, 2.75) is 44.4 Å². The van der Waals surface area contributed by atoms with Crippen LogP contribution in [0.4, 0.5) is 5.69 Å². The average molecular weight is 403 g/mol. The molecule has 4 aromatic rings. The van der Waals surface area contributed by atoms with Crippen LogP contribution in [-0.4, -0.2) is 16.3 Å². The summed E-state index contributed by atoms with van der Waals surface area (Å²) in [5.74, 6) is 0.600. The second kappa shape index (κ2) is 7.10. The molecule has 5 rings (SSSR count). The Kier molecular flexibility index (Phi) is 4.54. The smallest absolute Gasteiger partial charge is 0.227 e. The Morgan fingerprint density at radius 3 is 2.55 bits per heavy atom. The third-order valence-electron chi connectivity index (χ3n) is 6.05. The minimum Gasteiger partial charge on any atom is -0.436 e. The van der Waals surface area contributed by atoms with E-state index in [0.717, 1.165) is 16.4 Å². The lowest BCUT2D eigenvalue weighted by Gasteiger charge is -2.32. The second-order valence-electron chi connectivity index (χ2n) is 8.32. The first-order valence-electron chi connectivity index (χ1n) is 10.3. The molecule has 0 spiro atoms. The van der Waals surface area contributed by atoms with E-state index in [9.17, 15) is 0 Å². The summed E-state index contributed by atoms with van der Waals surface area (Å²) in [5.41, 5.74) is 5.46. The van der Waals surface area contributed by atoms with E-state index in [1.54, 1.807) is 6.20 Å². The number of hydrogen-bond donors (Lipinski definition) is 0. The zero-order valence-corrected chi connectivity index (χ0v) is 18.1. The lowest BCUT2D eigenvalue weighted by Crippen LogP contribution is -2.36. The Hall–Kier alpha value is -2.46. The fourth-order valence-electron chi connectivity index (χ4n) is 4.67. The van der Waals surface area contributed by atoms with E-state index in [1.165, 1.54) is 16.8 Å². The van der Waals surface area contributed by atoms with Crippen LogP contribution in [0.25, 0.3) is 22.1 Å². The fraction of sp³-hybridized carbons (Fsp3) is 0.320. The molecule has 3 nitrogen and oxygen atoms in total. The Bertz CT molecular complexity index is 1170. The molecule has 1 aliphatic heterocycles. The maximum atomic E-state index is 6.34. The quantitative estimate of drug-likeness (QED) is 0.371. The molecule has 3 atom stereocenters. The highest BCUT2D eigenvalue weighted by Gasteiger charge is 2.43. The molecule has 2 aromatic carbocycles. The van der Waals surface area contributed by atoms with Crippen LogP contribution >= 0.6 is 11.8 Å². The minimum atomic E-state index is 0.268. The lowest BCUT2D eigenvalue weighted by atomic mass is 10.00. The number of hydrogen-bond acceptors (Lipinski definition) is 4. The molecule has 0 aliphatic carbocycles. The number of benzene rings is 2. The topological polar surface area (TPSA) is 29.3 Å². The fourth-order valence-corrected chi connectivity index (χ4v) is 6.38. The van der Waals surface area contributed by atoms with Gasteiger partial charge in [0.2, 0.25) is 5.71 Å². The number of rotatable bonds is 3. The largest absolute Gasteiger partial charge is 0.436 e. The Labute approximate surface area is 176 Å². The number of fused-ring (bicyclic) bond motifs is 3. The maximum absolute atomic E-state index is 6.34. The van der Waals surface area contributed by atoms with E-state index in [1.807, 2.05) is 6.07 Å². The average Bonchev–Trinajstić information content (AvgIpc) is 3.27. The van der Waals surface area contributed by atoms with E-state index in [4.69, 9.17) is 4.42 Å². The van der Waals surface area contributed by atoms with Gasteiger partial charge in [0.1, 0.15) is 5.37 Å². The number of nitrogens with zero attached hydrogens (tertiary/aromatic N) is 2. The zero-order chi connectivity index (χ0) is 20.1. The van der Waals surface area contributed by atoms with Gasteiger partial charge in [0.05, 0.1) is 5.69 Å². The van der Waals surface area contributed by atoms with Crippen molar-refractivity contribution in [3.8, 4) is 0 Å². The summed E-state index contributed by atoms with van der Waals surface area (Å²) in [4.78, 5) is 7.05. The Morgan fingerprint density at radius 1 is 1.00 bits per heavy atom. The predicted octanol–water partition coefficient (Wildman–Crippen LogP) is 6.95. The first kappa shape index (κ1) is 18.6. The van der Waals surface area contributed by atoms with Crippen molar-refractivity contribution in [1.29, 1.82) is 0 Å². The van der Waals surface area contributed by atoms with Crippen LogP contribution in [0, 0.1) is 12.8 Å². The summed E-state index contributed by atoms with van der Waals surface area (Å²) in [6, 6.07) is 19.7. The lowest BCUT2D eigenvalue weighted by molar-refractivity contribution is 0.525. The highest BCUT2D eigenvalue weighted by atomic mass is 32.2. The standard InChI is InChI=1S/C25H26N2OS/c1-15(2)23-17(4)27(25(29-23)18-9-6-5-7-10-18)21-16(3)12-13-19-20-11-8-14-26-24(20)28-22(19)21/h5-15,17,23,25H,1-4H3/t17-,23?,25?/m0/s1. The van der Waals surface area contributed by atoms with Crippen LogP contribution in [-0.2, 0) is 0 Å². The first-order valence-corrected chi connectivity index (χ1v) is 11.3. The molecule has 0 N–H and O–H groups in total. The van der Waals surface area contributed by atoms with Crippen LogP contribution in [0.15, 0.2) is 65.2 Å². The van der Waals surface area contributed by atoms with Crippen molar-refractivity contribution in [3.63, 3.8) is 0 Å². The summed E-state index contributed by atoms with van der Waals surface area (Å²) in [7, 11) is 0. The van der Waals surface area contributed by atoms with Crippen LogP contribution in [0.3, 0.4) is 0 Å². The summed E-state index contributed by atoms with van der Waals surface area (Å²) in [6.45, 7) is 9.22. The van der Waals surface area contributed by atoms with E-state index < -0.39 is 0 Å². The predicted molar refractivity (Wildman–Crippen MR) is 124 cm³/mol. The van der Waals surface area contributed by atoms with Crippen molar-refractivity contribution in [2.24, 2.45) is 5.92 Å². The van der Waals surface area contributed by atoms with Crippen molar-refractivity contribution in [3.05, 3.63) is 71.9 Å².